The van der Waals surface area contributed by atoms with Crippen LogP contribution in [0.25, 0.3) is 0 Å². The highest BCUT2D eigenvalue weighted by Crippen LogP contribution is 2.22. The van der Waals surface area contributed by atoms with Gasteiger partial charge >= 0.3 is 0 Å². The Balaban J connectivity index is 1.99. The average Bonchev–Trinajstić information content (AvgIpc) is 3.07. The molecule has 1 amide bonds. The van der Waals surface area contributed by atoms with Gasteiger partial charge in [0.25, 0.3) is 0 Å². The molecule has 2 heterocycles. The summed E-state index contributed by atoms with van der Waals surface area (Å²) in [5, 5.41) is 13.7. The molecule has 0 bridgehead atoms. The summed E-state index contributed by atoms with van der Waals surface area (Å²) in [5.41, 5.74) is 5.45. The van der Waals surface area contributed by atoms with Gasteiger partial charge in [-0.1, -0.05) is 18.7 Å². The number of hydrogen-bond acceptors (Lipinski definition) is 6. The number of hydrogen-bond donors (Lipinski definition) is 3. The molecule has 8 nitrogen and oxygen atoms in total. The molecular weight excluding hydrogens is 290 g/mol. The monoisotopic (exact) mass is 309 g/mol. The molecule has 0 aliphatic heterocycles. The van der Waals surface area contributed by atoms with E-state index in [9.17, 15) is 4.79 Å². The van der Waals surface area contributed by atoms with Crippen molar-refractivity contribution in [1.82, 2.24) is 25.0 Å². The van der Waals surface area contributed by atoms with Crippen LogP contribution in [-0.2, 0) is 4.79 Å². The van der Waals surface area contributed by atoms with E-state index in [2.05, 4.69) is 39.4 Å². The molecule has 2 rings (SSSR count). The number of aromatic nitrogens is 5. The largest absolute Gasteiger partial charge is 0.368 e. The van der Waals surface area contributed by atoms with Gasteiger partial charge in [0, 0.05) is 6.07 Å². The number of thioether (sulfide) groups is 1. The predicted molar refractivity (Wildman–Crippen MR) is 82.0 cm³/mol. The summed E-state index contributed by atoms with van der Waals surface area (Å²) in [4.78, 5) is 16.2. The van der Waals surface area contributed by atoms with Crippen molar-refractivity contribution >= 4 is 29.4 Å². The van der Waals surface area contributed by atoms with E-state index in [0.29, 0.717) is 11.0 Å². The van der Waals surface area contributed by atoms with Gasteiger partial charge in [-0.25, -0.2) is 9.78 Å². The van der Waals surface area contributed by atoms with Gasteiger partial charge in [-0.2, -0.15) is 10.1 Å². The predicted octanol–water partition coefficient (Wildman–Crippen LogP) is 1.67. The third-order valence-corrected chi connectivity index (χ3v) is 4.02. The van der Waals surface area contributed by atoms with Gasteiger partial charge in [0.15, 0.2) is 0 Å². The molecule has 2 aromatic heterocycles. The summed E-state index contributed by atoms with van der Waals surface area (Å²) in [6.07, 6.45) is 2.61. The first-order valence-electron chi connectivity index (χ1n) is 6.70. The number of nitrogens with zero attached hydrogens (tertiary/aromatic N) is 4. The highest BCUT2D eigenvalue weighted by atomic mass is 32.2. The molecule has 0 fully saturated rings. The van der Waals surface area contributed by atoms with Crippen LogP contribution in [0.1, 0.15) is 33.2 Å². The van der Waals surface area contributed by atoms with E-state index in [-0.39, 0.29) is 23.1 Å². The van der Waals surface area contributed by atoms with E-state index in [4.69, 9.17) is 5.73 Å². The maximum absolute atomic E-state index is 12.2. The SMILES string of the molecule is CC[C@@H](C)n1nccc1NC(=O)[C@@H](C)Sc1n[nH]c(N)n1. The second-order valence-corrected chi connectivity index (χ2v) is 5.98. The molecule has 0 unspecified atom stereocenters. The summed E-state index contributed by atoms with van der Waals surface area (Å²) in [5.74, 6) is 0.796. The van der Waals surface area contributed by atoms with Crippen LogP contribution in [0.4, 0.5) is 11.8 Å². The molecule has 4 N–H and O–H groups in total. The first-order chi connectivity index (χ1) is 10.0. The smallest absolute Gasteiger partial charge is 0.238 e. The van der Waals surface area contributed by atoms with Crippen LogP contribution in [0.2, 0.25) is 0 Å². The lowest BCUT2D eigenvalue weighted by atomic mass is 10.3. The Morgan fingerprint density at radius 3 is 2.95 bits per heavy atom. The Morgan fingerprint density at radius 1 is 1.57 bits per heavy atom. The van der Waals surface area contributed by atoms with Crippen LogP contribution < -0.4 is 11.1 Å². The van der Waals surface area contributed by atoms with Crippen LogP contribution >= 0.6 is 11.8 Å². The van der Waals surface area contributed by atoms with Gasteiger partial charge in [-0.05, 0) is 20.3 Å². The normalized spacial score (nSPS) is 13.9. The molecule has 0 aromatic carbocycles. The molecule has 0 radical (unpaired) electrons. The van der Waals surface area contributed by atoms with Crippen LogP contribution in [0.5, 0.6) is 0 Å². The van der Waals surface area contributed by atoms with Crippen LogP contribution in [-0.4, -0.2) is 36.1 Å². The van der Waals surface area contributed by atoms with E-state index in [1.807, 2.05) is 0 Å². The number of carbonyl (C=O) groups excluding carboxylic acids is 1. The van der Waals surface area contributed by atoms with Crippen molar-refractivity contribution in [3.63, 3.8) is 0 Å². The van der Waals surface area contributed by atoms with Gasteiger partial charge in [0.05, 0.1) is 17.5 Å². The van der Waals surface area contributed by atoms with Crippen molar-refractivity contribution in [3.8, 4) is 0 Å². The van der Waals surface area contributed by atoms with E-state index in [1.165, 1.54) is 11.8 Å². The molecule has 2 atom stereocenters. The fourth-order valence-corrected chi connectivity index (χ4v) is 2.42. The van der Waals surface area contributed by atoms with Crippen LogP contribution in [0, 0.1) is 0 Å². The lowest BCUT2D eigenvalue weighted by molar-refractivity contribution is -0.115. The van der Waals surface area contributed by atoms with Crippen LogP contribution in [0.15, 0.2) is 17.4 Å². The molecule has 0 aliphatic carbocycles. The summed E-state index contributed by atoms with van der Waals surface area (Å²) in [7, 11) is 0. The number of nitrogen functional groups attached to an aromatic ring is 1. The summed E-state index contributed by atoms with van der Waals surface area (Å²) in [6, 6.07) is 2.01. The van der Waals surface area contributed by atoms with E-state index in [0.717, 1.165) is 6.42 Å². The molecule has 0 spiro atoms. The Hall–Kier alpha value is -2.03. The molecule has 114 valence electrons. The molecule has 0 saturated heterocycles. The lowest BCUT2D eigenvalue weighted by Gasteiger charge is -2.15. The van der Waals surface area contributed by atoms with Crippen molar-refractivity contribution < 1.29 is 4.79 Å². The summed E-state index contributed by atoms with van der Waals surface area (Å²) >= 11 is 1.24. The summed E-state index contributed by atoms with van der Waals surface area (Å²) < 4.78 is 1.81. The Morgan fingerprint density at radius 2 is 2.33 bits per heavy atom. The standard InChI is InChI=1S/C12H19N7OS/c1-4-7(2)19-9(5-6-14-19)15-10(20)8(3)21-12-16-11(13)17-18-12/h5-8H,4H2,1-3H3,(H,15,20)(H3,13,16,17,18)/t7-,8-/m1/s1. The zero-order valence-electron chi connectivity index (χ0n) is 12.2. The van der Waals surface area contributed by atoms with Gasteiger partial charge < -0.3 is 11.1 Å². The fourth-order valence-electron chi connectivity index (χ4n) is 1.69. The first kappa shape index (κ1) is 15.4. The quantitative estimate of drug-likeness (QED) is 0.699. The van der Waals surface area contributed by atoms with Gasteiger partial charge in [-0.15, -0.1) is 5.10 Å². The van der Waals surface area contributed by atoms with E-state index < -0.39 is 0 Å². The zero-order valence-corrected chi connectivity index (χ0v) is 13.0. The number of amides is 1. The zero-order chi connectivity index (χ0) is 15.4. The van der Waals surface area contributed by atoms with Crippen molar-refractivity contribution in [2.45, 2.75) is 43.6 Å². The molecule has 0 saturated carbocycles. The maximum Gasteiger partial charge on any atom is 0.238 e. The van der Waals surface area contributed by atoms with Crippen molar-refractivity contribution in [3.05, 3.63) is 12.3 Å². The molecular formula is C12H19N7OS. The first-order valence-corrected chi connectivity index (χ1v) is 7.58. The number of nitrogens with one attached hydrogen (secondary N) is 2. The van der Waals surface area contributed by atoms with Gasteiger partial charge in [0.1, 0.15) is 5.82 Å². The highest BCUT2D eigenvalue weighted by Gasteiger charge is 2.19. The van der Waals surface area contributed by atoms with Crippen molar-refractivity contribution in [2.75, 3.05) is 11.1 Å². The Labute approximate surface area is 126 Å². The highest BCUT2D eigenvalue weighted by molar-refractivity contribution is 8.00. The lowest BCUT2D eigenvalue weighted by Crippen LogP contribution is -2.25. The molecule has 0 aliphatic rings. The second kappa shape index (κ2) is 6.61. The average molecular weight is 309 g/mol. The Kier molecular flexibility index (Phi) is 4.84. The minimum absolute atomic E-state index is 0.131. The summed E-state index contributed by atoms with van der Waals surface area (Å²) in [6.45, 7) is 5.91. The maximum atomic E-state index is 12.2. The number of H-pyrrole nitrogens is 1. The molecule has 21 heavy (non-hydrogen) atoms. The number of carbonyl (C=O) groups is 1. The van der Waals surface area contributed by atoms with Gasteiger partial charge in [-0.3, -0.25) is 4.79 Å². The van der Waals surface area contributed by atoms with Crippen molar-refractivity contribution in [1.29, 1.82) is 0 Å². The fraction of sp³-hybridized carbons (Fsp3) is 0.500. The Bertz CT molecular complexity index is 608. The third kappa shape index (κ3) is 3.75. The third-order valence-electron chi connectivity index (χ3n) is 3.06. The van der Waals surface area contributed by atoms with E-state index in [1.54, 1.807) is 23.9 Å². The second-order valence-electron chi connectivity index (χ2n) is 4.67. The minimum atomic E-state index is -0.347. The number of nitrogens with two attached hydrogens (primary N) is 1. The molecule has 9 heteroatoms. The van der Waals surface area contributed by atoms with E-state index >= 15 is 0 Å². The molecule has 2 aromatic rings. The topological polar surface area (TPSA) is 115 Å². The van der Waals surface area contributed by atoms with Crippen molar-refractivity contribution in [2.24, 2.45) is 0 Å². The van der Waals surface area contributed by atoms with Gasteiger partial charge in [0.2, 0.25) is 17.0 Å². The minimum Gasteiger partial charge on any atom is -0.368 e. The number of anilines is 2. The van der Waals surface area contributed by atoms with Crippen LogP contribution in [0.3, 0.4) is 0 Å². The number of rotatable bonds is 6. The number of aromatic amines is 1.